The number of hydrogen-bond acceptors (Lipinski definition) is 3. The second-order valence-corrected chi connectivity index (χ2v) is 6.70. The Labute approximate surface area is 128 Å². The maximum Gasteiger partial charge on any atom is 0.113 e. The summed E-state index contributed by atoms with van der Waals surface area (Å²) in [5, 5.41) is 9.00. The van der Waals surface area contributed by atoms with Gasteiger partial charge in [-0.3, -0.25) is 0 Å². The van der Waals surface area contributed by atoms with Crippen LogP contribution in [0, 0.1) is 0 Å². The molecule has 0 N–H and O–H groups in total. The molecule has 0 atom stereocenters. The largest absolute Gasteiger partial charge is 0.213 e. The first-order valence-electron chi connectivity index (χ1n) is 6.93. The van der Waals surface area contributed by atoms with Gasteiger partial charge in [-0.2, -0.15) is 0 Å². The van der Waals surface area contributed by atoms with Gasteiger partial charge in [-0.15, -0.1) is 16.9 Å². The Morgan fingerprint density at radius 2 is 2.00 bits per heavy atom. The molecule has 3 aromatic rings. The van der Waals surface area contributed by atoms with E-state index >= 15 is 0 Å². The highest BCUT2D eigenvalue weighted by molar-refractivity contribution is 8.00. The number of rotatable bonds is 4. The van der Waals surface area contributed by atoms with Crippen LogP contribution in [0.15, 0.2) is 53.9 Å². The first-order valence-corrected chi connectivity index (χ1v) is 7.81. The Kier molecular flexibility index (Phi) is 3.80. The van der Waals surface area contributed by atoms with E-state index in [2.05, 4.69) is 48.9 Å². The number of thioether (sulfide) groups is 1. The number of benzene rings is 2. The highest BCUT2D eigenvalue weighted by atomic mass is 32.2. The normalized spacial score (nSPS) is 11.2. The highest BCUT2D eigenvalue weighted by Gasteiger charge is 2.09. The van der Waals surface area contributed by atoms with Crippen LogP contribution in [0.4, 0.5) is 0 Å². The second kappa shape index (κ2) is 5.74. The van der Waals surface area contributed by atoms with Crippen LogP contribution >= 0.6 is 11.8 Å². The summed E-state index contributed by atoms with van der Waals surface area (Å²) < 4.78 is 1.87. The van der Waals surface area contributed by atoms with Gasteiger partial charge in [-0.05, 0) is 35.9 Å². The van der Waals surface area contributed by atoms with E-state index in [9.17, 15) is 0 Å². The lowest BCUT2D eigenvalue weighted by Crippen LogP contribution is -1.98. The lowest BCUT2D eigenvalue weighted by atomic mass is 10.2. The summed E-state index contributed by atoms with van der Waals surface area (Å²) >= 11 is 1.84. The number of hydrogen-bond donors (Lipinski definition) is 0. The molecule has 3 nitrogen and oxygen atoms in total. The lowest BCUT2D eigenvalue weighted by molar-refractivity contribution is 0.823. The Morgan fingerprint density at radius 1 is 1.19 bits per heavy atom. The number of aromatic nitrogens is 3. The van der Waals surface area contributed by atoms with Crippen molar-refractivity contribution in [3.05, 3.63) is 54.6 Å². The zero-order chi connectivity index (χ0) is 14.8. The average Bonchev–Trinajstić information content (AvgIpc) is 2.91. The molecule has 21 heavy (non-hydrogen) atoms. The van der Waals surface area contributed by atoms with Crippen LogP contribution in [-0.2, 0) is 0 Å². The summed E-state index contributed by atoms with van der Waals surface area (Å²) in [5.74, 6) is 0. The fourth-order valence-corrected chi connectivity index (χ4v) is 3.18. The topological polar surface area (TPSA) is 30.7 Å². The van der Waals surface area contributed by atoms with Crippen LogP contribution in [-0.4, -0.2) is 20.2 Å². The molecular weight excluding hydrogens is 278 g/mol. The minimum atomic E-state index is 0.543. The summed E-state index contributed by atoms with van der Waals surface area (Å²) in [4.78, 5) is 1.24. The maximum absolute atomic E-state index is 4.26. The van der Waals surface area contributed by atoms with Crippen molar-refractivity contribution in [2.75, 3.05) is 0 Å². The number of fused-ring (bicyclic) bond motifs is 1. The summed E-state index contributed by atoms with van der Waals surface area (Å²) in [6, 6.07) is 14.3. The molecule has 0 fully saturated rings. The van der Waals surface area contributed by atoms with E-state index in [1.54, 1.807) is 0 Å². The van der Waals surface area contributed by atoms with E-state index in [1.807, 2.05) is 46.8 Å². The number of nitrogens with zero attached hydrogens (tertiary/aromatic N) is 3. The van der Waals surface area contributed by atoms with Crippen LogP contribution < -0.4 is 0 Å². The molecule has 0 amide bonds. The zero-order valence-corrected chi connectivity index (χ0v) is 13.0. The highest BCUT2D eigenvalue weighted by Crippen LogP contribution is 2.29. The van der Waals surface area contributed by atoms with Crippen LogP contribution in [0.25, 0.3) is 22.8 Å². The molecular formula is C17H17N3S. The molecule has 0 bridgehead atoms. The minimum Gasteiger partial charge on any atom is -0.213 e. The van der Waals surface area contributed by atoms with Crippen LogP contribution in [0.1, 0.15) is 19.4 Å². The van der Waals surface area contributed by atoms with Gasteiger partial charge in [0, 0.05) is 10.1 Å². The van der Waals surface area contributed by atoms with E-state index in [1.165, 1.54) is 4.90 Å². The van der Waals surface area contributed by atoms with Crippen molar-refractivity contribution >= 4 is 28.9 Å². The van der Waals surface area contributed by atoms with Crippen LogP contribution in [0.5, 0.6) is 0 Å². The van der Waals surface area contributed by atoms with Gasteiger partial charge in [0.05, 0.1) is 11.2 Å². The Bertz CT molecular complexity index is 790. The van der Waals surface area contributed by atoms with Gasteiger partial charge < -0.3 is 0 Å². The minimum absolute atomic E-state index is 0.543. The van der Waals surface area contributed by atoms with E-state index in [-0.39, 0.29) is 0 Å². The molecule has 1 aromatic heterocycles. The van der Waals surface area contributed by atoms with Crippen molar-refractivity contribution in [3.8, 4) is 5.69 Å². The monoisotopic (exact) mass is 295 g/mol. The van der Waals surface area contributed by atoms with Crippen LogP contribution in [0.2, 0.25) is 0 Å². The quantitative estimate of drug-likeness (QED) is 0.661. The Hall–Kier alpha value is -2.07. The summed E-state index contributed by atoms with van der Waals surface area (Å²) in [6.45, 7) is 8.31. The van der Waals surface area contributed by atoms with Crippen molar-refractivity contribution < 1.29 is 0 Å². The smallest absolute Gasteiger partial charge is 0.113 e. The molecule has 0 aliphatic heterocycles. The molecule has 106 valence electrons. The van der Waals surface area contributed by atoms with Crippen molar-refractivity contribution in [1.82, 2.24) is 15.0 Å². The second-order valence-electron chi connectivity index (χ2n) is 5.08. The summed E-state index contributed by atoms with van der Waals surface area (Å²) in [5.41, 5.74) is 4.05. The van der Waals surface area contributed by atoms with E-state index in [4.69, 9.17) is 0 Å². The molecule has 3 rings (SSSR count). The van der Waals surface area contributed by atoms with Crippen molar-refractivity contribution in [3.63, 3.8) is 0 Å². The molecule has 4 heteroatoms. The standard InChI is InChI=1S/C17H17N3S/c1-4-13-11-14(9-10-17(13)21-12(2)3)20-16-8-6-5-7-15(16)18-19-20/h4-12H,1H2,2-3H3. The van der Waals surface area contributed by atoms with Crippen molar-refractivity contribution in [2.45, 2.75) is 24.0 Å². The zero-order valence-electron chi connectivity index (χ0n) is 12.2. The molecule has 2 aromatic carbocycles. The lowest BCUT2D eigenvalue weighted by Gasteiger charge is -2.11. The van der Waals surface area contributed by atoms with Gasteiger partial charge in [-0.25, -0.2) is 4.68 Å². The third kappa shape index (κ3) is 2.72. The molecule has 1 heterocycles. The molecule has 0 radical (unpaired) electrons. The van der Waals surface area contributed by atoms with Crippen LogP contribution in [0.3, 0.4) is 0 Å². The molecule has 0 saturated heterocycles. The molecule has 0 aliphatic carbocycles. The summed E-state index contributed by atoms with van der Waals surface area (Å²) in [7, 11) is 0. The predicted octanol–water partition coefficient (Wildman–Crippen LogP) is 4.56. The Morgan fingerprint density at radius 3 is 2.76 bits per heavy atom. The fourth-order valence-electron chi connectivity index (χ4n) is 2.25. The first-order chi connectivity index (χ1) is 10.2. The van der Waals surface area contributed by atoms with E-state index < -0.39 is 0 Å². The van der Waals surface area contributed by atoms with Gasteiger partial charge in [0.2, 0.25) is 0 Å². The van der Waals surface area contributed by atoms with E-state index in [0.29, 0.717) is 5.25 Å². The molecule has 0 aliphatic rings. The number of para-hydroxylation sites is 1. The van der Waals surface area contributed by atoms with Gasteiger partial charge >= 0.3 is 0 Å². The van der Waals surface area contributed by atoms with Gasteiger partial charge in [-0.1, -0.05) is 43.8 Å². The van der Waals surface area contributed by atoms with Gasteiger partial charge in [0.25, 0.3) is 0 Å². The van der Waals surface area contributed by atoms with Crippen molar-refractivity contribution in [1.29, 1.82) is 0 Å². The van der Waals surface area contributed by atoms with Gasteiger partial charge in [0.15, 0.2) is 0 Å². The summed E-state index contributed by atoms with van der Waals surface area (Å²) in [6.07, 6.45) is 1.90. The molecule has 0 unspecified atom stereocenters. The van der Waals surface area contributed by atoms with E-state index in [0.717, 1.165) is 22.3 Å². The predicted molar refractivity (Wildman–Crippen MR) is 89.9 cm³/mol. The van der Waals surface area contributed by atoms with Gasteiger partial charge in [0.1, 0.15) is 5.52 Å². The third-order valence-electron chi connectivity index (χ3n) is 3.17. The fraction of sp³-hybridized carbons (Fsp3) is 0.176. The third-order valence-corrected chi connectivity index (χ3v) is 4.27. The maximum atomic E-state index is 4.26. The molecule has 0 saturated carbocycles. The first kappa shape index (κ1) is 13.9. The Balaban J connectivity index is 2.09. The average molecular weight is 295 g/mol. The van der Waals surface area contributed by atoms with Crippen molar-refractivity contribution in [2.24, 2.45) is 0 Å². The molecule has 0 spiro atoms. The SMILES string of the molecule is C=Cc1cc(-n2nnc3ccccc32)ccc1SC(C)C.